The monoisotopic (exact) mass is 130 g/mol. The van der Waals surface area contributed by atoms with E-state index < -0.39 is 6.17 Å². The van der Waals surface area contributed by atoms with Gasteiger partial charge in [0.25, 0.3) is 0 Å². The molecule has 1 fully saturated rings. The van der Waals surface area contributed by atoms with Crippen molar-refractivity contribution in [1.29, 1.82) is 0 Å². The highest BCUT2D eigenvalue weighted by Gasteiger charge is 2.23. The fourth-order valence-electron chi connectivity index (χ4n) is 1.04. The van der Waals surface area contributed by atoms with Gasteiger partial charge in [-0.1, -0.05) is 0 Å². The summed E-state index contributed by atoms with van der Waals surface area (Å²) >= 11 is 0. The fraction of sp³-hybridized carbons (Fsp3) is 0.857. The zero-order chi connectivity index (χ0) is 6.85. The van der Waals surface area contributed by atoms with Crippen molar-refractivity contribution < 1.29 is 4.39 Å². The highest BCUT2D eigenvalue weighted by atomic mass is 19.1. The van der Waals surface area contributed by atoms with E-state index in [9.17, 15) is 4.39 Å². The van der Waals surface area contributed by atoms with Crippen molar-refractivity contribution >= 4 is 0 Å². The number of hydrogen-bond acceptors (Lipinski definition) is 1. The Balaban J connectivity index is 2.30. The number of alkyl halides is 1. The minimum Gasteiger partial charge on any atom is -0.298 e. The third kappa shape index (κ3) is 1.65. The second kappa shape index (κ2) is 2.65. The zero-order valence-electron chi connectivity index (χ0n) is 5.97. The Bertz CT molecular complexity index is 92.9. The smallest absolute Gasteiger partial charge is 0.117 e. The van der Waals surface area contributed by atoms with Crippen LogP contribution in [0.5, 0.6) is 0 Å². The van der Waals surface area contributed by atoms with Gasteiger partial charge in [-0.2, -0.15) is 0 Å². The van der Waals surface area contributed by atoms with Gasteiger partial charge in [-0.05, 0) is 13.8 Å². The van der Waals surface area contributed by atoms with Crippen LogP contribution in [-0.2, 0) is 0 Å². The molecule has 0 amide bonds. The second-order valence-electron chi connectivity index (χ2n) is 2.80. The average molecular weight is 130 g/mol. The lowest BCUT2D eigenvalue weighted by atomic mass is 10.3. The first kappa shape index (κ1) is 7.00. The molecule has 0 saturated carbocycles. The SMILES string of the molecule is CC(C)N1C[CH]C(F)C1. The molecule has 1 radical (unpaired) electrons. The van der Waals surface area contributed by atoms with Crippen molar-refractivity contribution in [3.8, 4) is 0 Å². The molecular weight excluding hydrogens is 117 g/mol. The average Bonchev–Trinajstić information content (AvgIpc) is 2.14. The standard InChI is InChI=1S/C7H13FN/c1-6(2)9-4-3-7(8)5-9/h3,6-7H,4-5H2,1-2H3. The van der Waals surface area contributed by atoms with E-state index in [0.717, 1.165) is 6.54 Å². The van der Waals surface area contributed by atoms with Crippen LogP contribution in [0.1, 0.15) is 13.8 Å². The molecule has 9 heavy (non-hydrogen) atoms. The van der Waals surface area contributed by atoms with Gasteiger partial charge in [-0.25, -0.2) is 4.39 Å². The molecule has 0 aliphatic carbocycles. The van der Waals surface area contributed by atoms with Gasteiger partial charge in [0.15, 0.2) is 0 Å². The summed E-state index contributed by atoms with van der Waals surface area (Å²) in [7, 11) is 0. The third-order valence-electron chi connectivity index (χ3n) is 1.73. The molecule has 2 heteroatoms. The first-order valence-electron chi connectivity index (χ1n) is 3.41. The predicted octanol–water partition coefficient (Wildman–Crippen LogP) is 1.25. The quantitative estimate of drug-likeness (QED) is 0.516. The van der Waals surface area contributed by atoms with Crippen LogP contribution in [0.3, 0.4) is 0 Å². The Hall–Kier alpha value is -0.110. The van der Waals surface area contributed by atoms with Crippen molar-refractivity contribution in [3.05, 3.63) is 6.42 Å². The lowest BCUT2D eigenvalue weighted by Gasteiger charge is -2.18. The molecule has 1 saturated heterocycles. The Morgan fingerprint density at radius 1 is 1.67 bits per heavy atom. The maximum absolute atomic E-state index is 12.4. The Morgan fingerprint density at radius 2 is 2.33 bits per heavy atom. The van der Waals surface area contributed by atoms with Crippen molar-refractivity contribution in [2.45, 2.75) is 26.1 Å². The fourth-order valence-corrected chi connectivity index (χ4v) is 1.04. The van der Waals surface area contributed by atoms with E-state index in [2.05, 4.69) is 18.7 Å². The Kier molecular flexibility index (Phi) is 2.06. The number of likely N-dealkylation sites (tertiary alicyclic amines) is 1. The predicted molar refractivity (Wildman–Crippen MR) is 35.9 cm³/mol. The largest absolute Gasteiger partial charge is 0.298 e. The van der Waals surface area contributed by atoms with E-state index in [-0.39, 0.29) is 0 Å². The van der Waals surface area contributed by atoms with Crippen LogP contribution in [0, 0.1) is 6.42 Å². The van der Waals surface area contributed by atoms with Gasteiger partial charge in [0.05, 0.1) is 0 Å². The van der Waals surface area contributed by atoms with Crippen molar-refractivity contribution in [2.24, 2.45) is 0 Å². The Labute approximate surface area is 55.8 Å². The molecule has 1 aliphatic heterocycles. The molecule has 0 aromatic carbocycles. The van der Waals surface area contributed by atoms with Gasteiger partial charge in [0.1, 0.15) is 6.17 Å². The van der Waals surface area contributed by atoms with Crippen LogP contribution < -0.4 is 0 Å². The number of nitrogens with zero attached hydrogens (tertiary/aromatic N) is 1. The van der Waals surface area contributed by atoms with Crippen molar-refractivity contribution in [1.82, 2.24) is 4.90 Å². The summed E-state index contributed by atoms with van der Waals surface area (Å²) in [4.78, 5) is 2.12. The molecule has 1 nitrogen and oxygen atoms in total. The lowest BCUT2D eigenvalue weighted by Crippen LogP contribution is -2.28. The summed E-state index contributed by atoms with van der Waals surface area (Å²) in [5, 5.41) is 0. The summed E-state index contributed by atoms with van der Waals surface area (Å²) in [6.45, 7) is 5.59. The molecular formula is C7H13FN. The van der Waals surface area contributed by atoms with E-state index in [1.165, 1.54) is 0 Å². The minimum absolute atomic E-state index is 0.488. The normalized spacial score (nSPS) is 30.0. The van der Waals surface area contributed by atoms with Gasteiger partial charge in [-0.15, -0.1) is 0 Å². The van der Waals surface area contributed by atoms with Crippen LogP contribution >= 0.6 is 0 Å². The molecule has 1 atom stereocenters. The van der Waals surface area contributed by atoms with Crippen LogP contribution in [-0.4, -0.2) is 30.2 Å². The maximum Gasteiger partial charge on any atom is 0.117 e. The molecule has 0 aromatic rings. The van der Waals surface area contributed by atoms with Crippen molar-refractivity contribution in [2.75, 3.05) is 13.1 Å². The summed E-state index contributed by atoms with van der Waals surface area (Å²) in [5.41, 5.74) is 0. The lowest BCUT2D eigenvalue weighted by molar-refractivity contribution is 0.246. The van der Waals surface area contributed by atoms with Crippen LogP contribution in [0.15, 0.2) is 0 Å². The van der Waals surface area contributed by atoms with Gasteiger partial charge < -0.3 is 0 Å². The summed E-state index contributed by atoms with van der Waals surface area (Å²) in [6, 6.07) is 0.488. The summed E-state index contributed by atoms with van der Waals surface area (Å²) < 4.78 is 12.4. The summed E-state index contributed by atoms with van der Waals surface area (Å²) in [6.07, 6.45) is 1.03. The molecule has 0 aromatic heterocycles. The number of halogens is 1. The van der Waals surface area contributed by atoms with Gasteiger partial charge in [0.2, 0.25) is 0 Å². The topological polar surface area (TPSA) is 3.24 Å². The van der Waals surface area contributed by atoms with Crippen molar-refractivity contribution in [3.63, 3.8) is 0 Å². The number of rotatable bonds is 1. The first-order valence-corrected chi connectivity index (χ1v) is 3.41. The van der Waals surface area contributed by atoms with E-state index in [4.69, 9.17) is 0 Å². The summed E-state index contributed by atoms with van der Waals surface area (Å²) in [5.74, 6) is 0. The molecule has 1 rings (SSSR count). The molecule has 0 N–H and O–H groups in total. The van der Waals surface area contributed by atoms with Gasteiger partial charge in [0, 0.05) is 25.6 Å². The first-order chi connectivity index (χ1) is 4.20. The van der Waals surface area contributed by atoms with Crippen LogP contribution in [0.4, 0.5) is 4.39 Å². The van der Waals surface area contributed by atoms with Gasteiger partial charge >= 0.3 is 0 Å². The molecule has 53 valence electrons. The molecule has 0 bridgehead atoms. The highest BCUT2D eigenvalue weighted by Crippen LogP contribution is 2.13. The number of hydrogen-bond donors (Lipinski definition) is 0. The van der Waals surface area contributed by atoms with Crippen LogP contribution in [0.25, 0.3) is 0 Å². The van der Waals surface area contributed by atoms with E-state index in [0.29, 0.717) is 12.6 Å². The maximum atomic E-state index is 12.4. The Morgan fingerprint density at radius 3 is 2.56 bits per heavy atom. The third-order valence-corrected chi connectivity index (χ3v) is 1.73. The molecule has 1 aliphatic rings. The highest BCUT2D eigenvalue weighted by molar-refractivity contribution is 4.91. The minimum atomic E-state index is -0.688. The van der Waals surface area contributed by atoms with Gasteiger partial charge in [-0.3, -0.25) is 4.90 Å². The second-order valence-corrected chi connectivity index (χ2v) is 2.80. The van der Waals surface area contributed by atoms with E-state index in [1.807, 2.05) is 0 Å². The van der Waals surface area contributed by atoms with Crippen LogP contribution in [0.2, 0.25) is 0 Å². The zero-order valence-corrected chi connectivity index (χ0v) is 5.97. The molecule has 1 heterocycles. The molecule has 1 unspecified atom stereocenters. The van der Waals surface area contributed by atoms with E-state index >= 15 is 0 Å². The molecule has 0 spiro atoms. The van der Waals surface area contributed by atoms with E-state index in [1.54, 1.807) is 6.42 Å².